The van der Waals surface area contributed by atoms with Crippen molar-refractivity contribution in [3.8, 4) is 23.5 Å². The number of allylic oxidation sites excluding steroid dienone is 1. The quantitative estimate of drug-likeness (QED) is 0.393. The number of methoxy groups -OCH3 is 1. The van der Waals surface area contributed by atoms with E-state index in [1.54, 1.807) is 33.9 Å². The molecule has 0 N–H and O–H groups in total. The molecule has 6 nitrogen and oxygen atoms in total. The fourth-order valence-electron chi connectivity index (χ4n) is 2.13. The largest absolute Gasteiger partial charge is 0.438 e. The summed E-state index contributed by atoms with van der Waals surface area (Å²) in [6.45, 7) is 4.92. The van der Waals surface area contributed by atoms with E-state index in [1.165, 1.54) is 36.2 Å². The lowest BCUT2D eigenvalue weighted by atomic mass is 10.1. The van der Waals surface area contributed by atoms with Gasteiger partial charge >= 0.3 is 0 Å². The number of oxime groups is 1. The molecule has 2 rings (SSSR count). The van der Waals surface area contributed by atoms with Crippen LogP contribution in [0.1, 0.15) is 25.1 Å². The molecule has 29 heavy (non-hydrogen) atoms. The Morgan fingerprint density at radius 3 is 2.83 bits per heavy atom. The van der Waals surface area contributed by atoms with Gasteiger partial charge in [-0.3, -0.25) is 0 Å². The van der Waals surface area contributed by atoms with E-state index >= 15 is 0 Å². The van der Waals surface area contributed by atoms with Crippen LogP contribution in [0.25, 0.3) is 0 Å². The van der Waals surface area contributed by atoms with Gasteiger partial charge in [0.2, 0.25) is 5.88 Å². The maximum atomic E-state index is 13.7. The maximum Gasteiger partial charge on any atom is 0.226 e. The minimum atomic E-state index is -0.661. The van der Waals surface area contributed by atoms with Crippen LogP contribution in [-0.2, 0) is 16.6 Å². The lowest BCUT2D eigenvalue weighted by molar-refractivity contribution is 0.0742. The second-order valence-electron chi connectivity index (χ2n) is 6.57. The van der Waals surface area contributed by atoms with Crippen molar-refractivity contribution in [2.45, 2.75) is 26.4 Å². The topological polar surface area (TPSA) is 57.9 Å². The van der Waals surface area contributed by atoms with Crippen LogP contribution in [0, 0.1) is 24.6 Å². The SMILES string of the molecule is COC(C)(C)C#CC=C(F)CON=Cc1c(C)nn(C)c1Oc1cccc(F)c1. The second kappa shape index (κ2) is 9.85. The van der Waals surface area contributed by atoms with E-state index in [0.29, 0.717) is 22.9 Å². The van der Waals surface area contributed by atoms with Crippen LogP contribution < -0.4 is 4.74 Å². The number of hydrogen-bond acceptors (Lipinski definition) is 5. The van der Waals surface area contributed by atoms with Crippen LogP contribution in [0.2, 0.25) is 0 Å². The minimum absolute atomic E-state index is 0.315. The van der Waals surface area contributed by atoms with E-state index in [9.17, 15) is 8.78 Å². The van der Waals surface area contributed by atoms with Crippen LogP contribution in [0.5, 0.6) is 11.6 Å². The van der Waals surface area contributed by atoms with Gasteiger partial charge in [0.05, 0.1) is 17.5 Å². The zero-order valence-corrected chi connectivity index (χ0v) is 17.0. The molecule has 0 spiro atoms. The van der Waals surface area contributed by atoms with Gasteiger partial charge in [-0.2, -0.15) is 5.10 Å². The third kappa shape index (κ3) is 6.73. The Morgan fingerprint density at radius 1 is 1.38 bits per heavy atom. The summed E-state index contributed by atoms with van der Waals surface area (Å²) in [5, 5.41) is 8.01. The van der Waals surface area contributed by atoms with Gasteiger partial charge in [0.15, 0.2) is 6.61 Å². The molecule has 0 atom stereocenters. The average Bonchev–Trinajstić information content (AvgIpc) is 2.92. The fraction of sp³-hybridized carbons (Fsp3) is 0.333. The molecule has 0 aliphatic carbocycles. The standard InChI is InChI=1S/C21H23F2N3O3/c1-15-19(13-24-28-14-17(23)9-7-11-21(2,3)27-5)20(26(4)25-15)29-18-10-6-8-16(22)12-18/h6,8-10,12-13H,14H2,1-5H3. The van der Waals surface area contributed by atoms with Gasteiger partial charge in [-0.15, -0.1) is 0 Å². The predicted octanol–water partition coefficient (Wildman–Crippen LogP) is 4.29. The van der Waals surface area contributed by atoms with Crippen molar-refractivity contribution in [1.82, 2.24) is 9.78 Å². The third-order valence-electron chi connectivity index (χ3n) is 3.80. The number of halogens is 2. The van der Waals surface area contributed by atoms with Crippen LogP contribution >= 0.6 is 0 Å². The van der Waals surface area contributed by atoms with Crippen LogP contribution in [0.4, 0.5) is 8.78 Å². The number of ether oxygens (including phenoxy) is 2. The fourth-order valence-corrected chi connectivity index (χ4v) is 2.13. The van der Waals surface area contributed by atoms with Crippen molar-refractivity contribution in [2.24, 2.45) is 12.2 Å². The van der Waals surface area contributed by atoms with Gasteiger partial charge in [-0.25, -0.2) is 13.5 Å². The summed E-state index contributed by atoms with van der Waals surface area (Å²) in [5.74, 6) is 5.01. The number of nitrogens with zero attached hydrogens (tertiary/aromatic N) is 3. The average molecular weight is 403 g/mol. The Labute approximate surface area is 168 Å². The molecule has 8 heteroatoms. The summed E-state index contributed by atoms with van der Waals surface area (Å²) in [4.78, 5) is 4.97. The highest BCUT2D eigenvalue weighted by molar-refractivity contribution is 5.84. The van der Waals surface area contributed by atoms with Gasteiger partial charge in [0, 0.05) is 26.3 Å². The summed E-state index contributed by atoms with van der Waals surface area (Å²) >= 11 is 0. The first-order valence-electron chi connectivity index (χ1n) is 8.76. The molecular weight excluding hydrogens is 380 g/mol. The number of benzene rings is 1. The molecule has 0 amide bonds. The van der Waals surface area contributed by atoms with E-state index in [0.717, 1.165) is 6.08 Å². The van der Waals surface area contributed by atoms with E-state index in [2.05, 4.69) is 22.1 Å². The molecule has 1 aromatic carbocycles. The number of hydrogen-bond donors (Lipinski definition) is 0. The Kier molecular flexibility index (Phi) is 7.51. The molecule has 0 radical (unpaired) electrons. The van der Waals surface area contributed by atoms with Gasteiger partial charge in [-0.05, 0) is 32.9 Å². The molecule has 0 aliphatic rings. The van der Waals surface area contributed by atoms with E-state index in [4.69, 9.17) is 14.3 Å². The van der Waals surface area contributed by atoms with E-state index < -0.39 is 17.2 Å². The summed E-state index contributed by atoms with van der Waals surface area (Å²) in [5.41, 5.74) is 0.490. The Balaban J connectivity index is 2.04. The molecule has 0 aliphatic heterocycles. The summed E-state index contributed by atoms with van der Waals surface area (Å²) in [6, 6.07) is 5.73. The molecule has 1 heterocycles. The number of aromatic nitrogens is 2. The molecule has 0 saturated heterocycles. The molecule has 154 valence electrons. The monoisotopic (exact) mass is 403 g/mol. The Morgan fingerprint density at radius 2 is 2.14 bits per heavy atom. The molecule has 0 saturated carbocycles. The van der Waals surface area contributed by atoms with Crippen molar-refractivity contribution in [3.63, 3.8) is 0 Å². The summed E-state index contributed by atoms with van der Waals surface area (Å²) in [7, 11) is 3.21. The van der Waals surface area contributed by atoms with Crippen molar-refractivity contribution in [2.75, 3.05) is 13.7 Å². The molecule has 1 aromatic heterocycles. The molecule has 0 unspecified atom stereocenters. The zero-order chi connectivity index (χ0) is 21.4. The molecule has 2 aromatic rings. The van der Waals surface area contributed by atoms with Crippen molar-refractivity contribution < 1.29 is 23.1 Å². The number of aryl methyl sites for hydroxylation is 2. The van der Waals surface area contributed by atoms with E-state index in [1.807, 2.05) is 0 Å². The van der Waals surface area contributed by atoms with Crippen LogP contribution in [0.15, 0.2) is 41.3 Å². The minimum Gasteiger partial charge on any atom is -0.438 e. The second-order valence-corrected chi connectivity index (χ2v) is 6.57. The zero-order valence-electron chi connectivity index (χ0n) is 17.0. The van der Waals surface area contributed by atoms with Gasteiger partial charge < -0.3 is 14.3 Å². The van der Waals surface area contributed by atoms with Gasteiger partial charge in [0.1, 0.15) is 23.0 Å². The van der Waals surface area contributed by atoms with Gasteiger partial charge in [-0.1, -0.05) is 23.1 Å². The summed E-state index contributed by atoms with van der Waals surface area (Å²) in [6.07, 6.45) is 2.47. The smallest absolute Gasteiger partial charge is 0.226 e. The normalized spacial score (nSPS) is 12.0. The van der Waals surface area contributed by atoms with Crippen molar-refractivity contribution in [3.05, 3.63) is 53.2 Å². The first kappa shape index (κ1) is 22.1. The first-order valence-corrected chi connectivity index (χ1v) is 8.76. The van der Waals surface area contributed by atoms with Crippen molar-refractivity contribution in [1.29, 1.82) is 0 Å². The maximum absolute atomic E-state index is 13.7. The third-order valence-corrected chi connectivity index (χ3v) is 3.80. The molecular formula is C21H23F2N3O3. The molecule has 0 fully saturated rings. The lowest BCUT2D eigenvalue weighted by Gasteiger charge is -2.13. The lowest BCUT2D eigenvalue weighted by Crippen LogP contribution is -2.18. The van der Waals surface area contributed by atoms with Crippen LogP contribution in [-0.4, -0.2) is 35.3 Å². The van der Waals surface area contributed by atoms with Crippen LogP contribution in [0.3, 0.4) is 0 Å². The Hall–Kier alpha value is -3.18. The van der Waals surface area contributed by atoms with E-state index in [-0.39, 0.29) is 6.61 Å². The van der Waals surface area contributed by atoms with Gasteiger partial charge in [0.25, 0.3) is 0 Å². The first-order chi connectivity index (χ1) is 13.7. The highest BCUT2D eigenvalue weighted by atomic mass is 19.1. The highest BCUT2D eigenvalue weighted by Gasteiger charge is 2.14. The highest BCUT2D eigenvalue weighted by Crippen LogP contribution is 2.26. The Bertz CT molecular complexity index is 969. The van der Waals surface area contributed by atoms with Crippen molar-refractivity contribution >= 4 is 6.21 Å². The summed E-state index contributed by atoms with van der Waals surface area (Å²) < 4.78 is 39.4. The predicted molar refractivity (Wildman–Crippen MR) is 106 cm³/mol. The number of rotatable bonds is 7. The molecule has 0 bridgehead atoms.